The van der Waals surface area contributed by atoms with Crippen LogP contribution in [0.2, 0.25) is 0 Å². The standard InChI is InChI=1S/C21H34NP.C21H23P.C9H18.Li/c1-13-14(2)16(4)20(15(13)3)23(5,6)22-21-10-17-7-18(11-21)9-19(8-17)12-21;1-15-16(2)18(4)21(17(15)3)22(19-11-7-5-8-12-19)20-13-9-6-10-14-20;1-6-5-7(2)9(4)8(6)3;/h17-19,22H,7-12H2,1-6H3;5-14,21H,1-4H3;6-9H,5H2,1-4H3;/q;;;+1. The van der Waals surface area contributed by atoms with E-state index < -0.39 is 15.0 Å². The average Bonchev–Trinajstić information content (AvgIpc) is 3.56. The second-order valence-corrected chi connectivity index (χ2v) is 25.4. The maximum Gasteiger partial charge on any atom is 1.00 e. The fourth-order valence-corrected chi connectivity index (χ4v) is 19.0. The van der Waals surface area contributed by atoms with Gasteiger partial charge in [-0.1, -0.05) is 99.5 Å². The molecule has 0 heterocycles. The van der Waals surface area contributed by atoms with E-state index in [9.17, 15) is 0 Å². The average molecular weight is 771 g/mol. The van der Waals surface area contributed by atoms with Gasteiger partial charge in [-0.15, -0.1) is 0 Å². The van der Waals surface area contributed by atoms with Gasteiger partial charge in [0.15, 0.2) is 0 Å². The van der Waals surface area contributed by atoms with Crippen LogP contribution in [-0.4, -0.2) is 29.8 Å². The van der Waals surface area contributed by atoms with Crippen molar-refractivity contribution in [2.75, 3.05) is 13.3 Å². The fraction of sp³-hybridized carbons (Fsp3) is 0.588. The third-order valence-corrected chi connectivity index (χ3v) is 21.6. The summed E-state index contributed by atoms with van der Waals surface area (Å²) in [5.41, 5.74) is 13.3. The van der Waals surface area contributed by atoms with E-state index in [1.54, 1.807) is 27.6 Å². The molecule has 4 heteroatoms. The van der Waals surface area contributed by atoms with Crippen molar-refractivity contribution >= 4 is 30.9 Å². The molecule has 4 atom stereocenters. The van der Waals surface area contributed by atoms with E-state index in [1.165, 1.54) is 77.8 Å². The summed E-state index contributed by atoms with van der Waals surface area (Å²) in [6.07, 6.45) is 10.4. The summed E-state index contributed by atoms with van der Waals surface area (Å²) in [5, 5.41) is 8.97. The maximum absolute atomic E-state index is 4.35. The summed E-state index contributed by atoms with van der Waals surface area (Å²) in [6, 6.07) is 22.1. The van der Waals surface area contributed by atoms with E-state index in [0.29, 0.717) is 11.2 Å². The number of benzene rings is 2. The molecule has 0 aliphatic heterocycles. The van der Waals surface area contributed by atoms with Crippen LogP contribution in [0.4, 0.5) is 0 Å². The Morgan fingerprint density at radius 1 is 0.527 bits per heavy atom. The molecule has 0 saturated heterocycles. The molecular weight excluding hydrogens is 695 g/mol. The molecule has 5 saturated carbocycles. The first kappa shape index (κ1) is 44.8. The first-order valence-electron chi connectivity index (χ1n) is 21.6. The Kier molecular flexibility index (Phi) is 14.6. The van der Waals surface area contributed by atoms with Gasteiger partial charge in [-0.3, -0.25) is 5.09 Å². The van der Waals surface area contributed by atoms with Gasteiger partial charge in [-0.2, -0.15) is 0 Å². The van der Waals surface area contributed by atoms with Crippen molar-refractivity contribution in [3.63, 3.8) is 0 Å². The molecule has 4 bridgehead atoms. The summed E-state index contributed by atoms with van der Waals surface area (Å²) < 4.78 is 0. The number of allylic oxidation sites excluding steroid dienone is 8. The van der Waals surface area contributed by atoms with Gasteiger partial charge < -0.3 is 0 Å². The van der Waals surface area contributed by atoms with Crippen LogP contribution in [0.1, 0.15) is 128 Å². The molecule has 9 rings (SSSR count). The van der Waals surface area contributed by atoms with Crippen LogP contribution >= 0.6 is 15.0 Å². The molecule has 7 aliphatic carbocycles. The molecule has 2 aromatic rings. The maximum atomic E-state index is 4.35. The molecular formula is C51H75LiNP2+. The molecule has 1 nitrogen and oxygen atoms in total. The zero-order valence-corrected chi connectivity index (χ0v) is 39.5. The molecule has 5 fully saturated rings. The van der Waals surface area contributed by atoms with E-state index >= 15 is 0 Å². The van der Waals surface area contributed by atoms with Crippen molar-refractivity contribution in [3.8, 4) is 0 Å². The third-order valence-electron chi connectivity index (χ3n) is 15.8. The largest absolute Gasteiger partial charge is 1.00 e. The summed E-state index contributed by atoms with van der Waals surface area (Å²) in [4.78, 5) is 0. The predicted molar refractivity (Wildman–Crippen MR) is 245 cm³/mol. The van der Waals surface area contributed by atoms with E-state index in [2.05, 4.69) is 162 Å². The van der Waals surface area contributed by atoms with E-state index in [4.69, 9.17) is 0 Å². The van der Waals surface area contributed by atoms with Crippen LogP contribution in [0.3, 0.4) is 0 Å². The summed E-state index contributed by atoms with van der Waals surface area (Å²) in [5.74, 6) is 6.93. The Hall–Kier alpha value is -1.31. The topological polar surface area (TPSA) is 12.0 Å². The van der Waals surface area contributed by atoms with Gasteiger partial charge in [0.1, 0.15) is 0 Å². The zero-order valence-electron chi connectivity index (χ0n) is 37.7. The van der Waals surface area contributed by atoms with Crippen molar-refractivity contribution in [3.05, 3.63) is 105 Å². The quantitative estimate of drug-likeness (QED) is 0.236. The van der Waals surface area contributed by atoms with Gasteiger partial charge in [-0.05, 0) is 219 Å². The molecule has 0 amide bonds. The molecule has 4 unspecified atom stereocenters. The minimum atomic E-state index is -1.28. The Balaban J connectivity index is 0.000000171. The summed E-state index contributed by atoms with van der Waals surface area (Å²) >= 11 is 0. The molecule has 294 valence electrons. The van der Waals surface area contributed by atoms with Gasteiger partial charge in [0.05, 0.1) is 0 Å². The van der Waals surface area contributed by atoms with Crippen molar-refractivity contribution in [2.45, 2.75) is 139 Å². The monoisotopic (exact) mass is 771 g/mol. The van der Waals surface area contributed by atoms with Gasteiger partial charge in [0, 0.05) is 11.2 Å². The number of rotatable bonds is 5. The Labute approximate surface area is 352 Å². The van der Waals surface area contributed by atoms with Gasteiger partial charge >= 0.3 is 18.9 Å². The molecule has 7 aliphatic rings. The van der Waals surface area contributed by atoms with Gasteiger partial charge in [0.2, 0.25) is 0 Å². The molecule has 0 aromatic heterocycles. The first-order valence-corrected chi connectivity index (χ1v) is 25.7. The summed E-state index contributed by atoms with van der Waals surface area (Å²) in [7, 11) is -1.67. The first-order chi connectivity index (χ1) is 25.4. The smallest absolute Gasteiger partial charge is 0.291 e. The van der Waals surface area contributed by atoms with Crippen LogP contribution < -0.4 is 34.6 Å². The van der Waals surface area contributed by atoms with Crippen molar-refractivity contribution in [1.29, 1.82) is 0 Å². The zero-order chi connectivity index (χ0) is 39.3. The van der Waals surface area contributed by atoms with Gasteiger partial charge in [0.25, 0.3) is 0 Å². The fourth-order valence-electron chi connectivity index (χ4n) is 12.3. The van der Waals surface area contributed by atoms with Crippen LogP contribution in [-0.2, 0) is 0 Å². The van der Waals surface area contributed by atoms with E-state index in [0.717, 1.165) is 41.4 Å². The third kappa shape index (κ3) is 9.14. The Bertz CT molecular complexity index is 1730. The van der Waals surface area contributed by atoms with Crippen LogP contribution in [0, 0.1) is 41.4 Å². The molecule has 2 aromatic carbocycles. The molecule has 55 heavy (non-hydrogen) atoms. The molecule has 0 radical (unpaired) electrons. The van der Waals surface area contributed by atoms with Crippen LogP contribution in [0.25, 0.3) is 0 Å². The van der Waals surface area contributed by atoms with Gasteiger partial charge in [-0.25, -0.2) is 0 Å². The number of nitrogens with one attached hydrogen (secondary N) is 1. The van der Waals surface area contributed by atoms with E-state index in [1.807, 2.05) is 0 Å². The minimum absolute atomic E-state index is 0. The van der Waals surface area contributed by atoms with E-state index in [-0.39, 0.29) is 18.9 Å². The molecule has 1 N–H and O–H groups in total. The minimum Gasteiger partial charge on any atom is -0.291 e. The SMILES string of the molecule is CC1=C(C)C(=P(C)(C)NC23CC4CC(CC(C4)C2)C3)C(C)=C1C.CC1=C(C)C(P(c2ccccc2)c2ccccc2)C(C)=C1C.CC1CC(C)C(C)C1C.[Li+]. The summed E-state index contributed by atoms with van der Waals surface area (Å²) in [6.45, 7) is 33.1. The van der Waals surface area contributed by atoms with Crippen LogP contribution in [0.15, 0.2) is 105 Å². The Morgan fingerprint density at radius 3 is 1.22 bits per heavy atom. The normalized spacial score (nSPS) is 31.6. The number of hydrogen-bond donors (Lipinski definition) is 1. The van der Waals surface area contributed by atoms with Crippen molar-refractivity contribution in [2.24, 2.45) is 41.4 Å². The number of hydrogen-bond acceptors (Lipinski definition) is 1. The molecule has 0 spiro atoms. The Morgan fingerprint density at radius 2 is 0.891 bits per heavy atom. The van der Waals surface area contributed by atoms with Crippen molar-refractivity contribution < 1.29 is 18.9 Å². The second-order valence-electron chi connectivity index (χ2n) is 19.6. The second kappa shape index (κ2) is 17.9. The van der Waals surface area contributed by atoms with Crippen molar-refractivity contribution in [1.82, 2.24) is 5.09 Å². The predicted octanol–water partition coefficient (Wildman–Crippen LogP) is 10.7. The van der Waals surface area contributed by atoms with Crippen LogP contribution in [0.5, 0.6) is 0 Å².